The van der Waals surface area contributed by atoms with Gasteiger partial charge in [0.2, 0.25) is 0 Å². The van der Waals surface area contributed by atoms with Crippen LogP contribution in [0.25, 0.3) is 0 Å². The summed E-state index contributed by atoms with van der Waals surface area (Å²) in [5.41, 5.74) is 1.69. The van der Waals surface area contributed by atoms with E-state index in [9.17, 15) is 14.3 Å². The highest BCUT2D eigenvalue weighted by atomic mass is 35.5. The molecule has 1 amide bonds. The lowest BCUT2D eigenvalue weighted by atomic mass is 9.92. The van der Waals surface area contributed by atoms with Gasteiger partial charge in [-0.25, -0.2) is 4.39 Å². The minimum atomic E-state index is -0.976. The van der Waals surface area contributed by atoms with Crippen LogP contribution in [0.2, 0.25) is 5.02 Å². The van der Waals surface area contributed by atoms with Crippen LogP contribution in [0.5, 0.6) is 5.75 Å². The minimum absolute atomic E-state index is 0.0730. The number of benzene rings is 2. The van der Waals surface area contributed by atoms with Crippen molar-refractivity contribution in [2.24, 2.45) is 0 Å². The summed E-state index contributed by atoms with van der Waals surface area (Å²) in [6, 6.07) is 9.78. The van der Waals surface area contributed by atoms with Gasteiger partial charge in [-0.05, 0) is 68.1 Å². The number of ether oxygens (including phenoxy) is 1. The van der Waals surface area contributed by atoms with Gasteiger partial charge in [-0.2, -0.15) is 0 Å². The molecule has 4 nitrogen and oxygen atoms in total. The minimum Gasteiger partial charge on any atom is -0.491 e. The molecule has 144 valence electrons. The molecule has 0 bridgehead atoms. The van der Waals surface area contributed by atoms with Crippen LogP contribution in [-0.2, 0) is 0 Å². The van der Waals surface area contributed by atoms with Gasteiger partial charge < -0.3 is 14.7 Å². The molecule has 2 aromatic carbocycles. The summed E-state index contributed by atoms with van der Waals surface area (Å²) in [7, 11) is 0. The third-order valence-electron chi connectivity index (χ3n) is 5.13. The van der Waals surface area contributed by atoms with Gasteiger partial charge in [-0.3, -0.25) is 4.79 Å². The summed E-state index contributed by atoms with van der Waals surface area (Å²) < 4.78 is 19.1. The molecule has 0 aliphatic carbocycles. The molecule has 2 aromatic rings. The molecule has 0 radical (unpaired) electrons. The average Bonchev–Trinajstić information content (AvgIpc) is 2.65. The third kappa shape index (κ3) is 4.60. The van der Waals surface area contributed by atoms with Gasteiger partial charge >= 0.3 is 0 Å². The molecule has 1 heterocycles. The number of carbonyl (C=O) groups excluding carboxylic acids is 1. The Morgan fingerprint density at radius 1 is 1.19 bits per heavy atom. The predicted molar refractivity (Wildman–Crippen MR) is 103 cm³/mol. The molecule has 1 saturated heterocycles. The van der Waals surface area contributed by atoms with Crippen molar-refractivity contribution in [2.75, 3.05) is 19.7 Å². The van der Waals surface area contributed by atoms with Crippen LogP contribution < -0.4 is 4.74 Å². The molecule has 27 heavy (non-hydrogen) atoms. The lowest BCUT2D eigenvalue weighted by Crippen LogP contribution is -2.49. The van der Waals surface area contributed by atoms with E-state index in [0.29, 0.717) is 31.5 Å². The molecule has 1 aliphatic heterocycles. The lowest BCUT2D eigenvalue weighted by Gasteiger charge is -2.38. The Kier molecular flexibility index (Phi) is 5.72. The van der Waals surface area contributed by atoms with Crippen molar-refractivity contribution >= 4 is 17.5 Å². The van der Waals surface area contributed by atoms with Gasteiger partial charge in [-0.15, -0.1) is 0 Å². The SMILES string of the molecule is Cc1ccc(OCC2(O)CCN(C(=O)c3ccc(F)c(Cl)c3)CC2)cc1C. The number of likely N-dealkylation sites (tertiary alicyclic amines) is 1. The molecule has 0 spiro atoms. The molecular formula is C21H23ClFNO3. The Morgan fingerprint density at radius 3 is 2.52 bits per heavy atom. The van der Waals surface area contributed by atoms with E-state index in [-0.39, 0.29) is 17.5 Å². The molecule has 0 atom stereocenters. The van der Waals surface area contributed by atoms with Crippen molar-refractivity contribution in [1.29, 1.82) is 0 Å². The van der Waals surface area contributed by atoms with Crippen molar-refractivity contribution < 1.29 is 19.0 Å². The number of piperidine rings is 1. The lowest BCUT2D eigenvalue weighted by molar-refractivity contribution is -0.0475. The highest BCUT2D eigenvalue weighted by Gasteiger charge is 2.35. The Hall–Kier alpha value is -2.11. The number of aliphatic hydroxyl groups is 1. The highest BCUT2D eigenvalue weighted by molar-refractivity contribution is 6.31. The van der Waals surface area contributed by atoms with Crippen LogP contribution in [-0.4, -0.2) is 41.2 Å². The number of aryl methyl sites for hydroxylation is 2. The van der Waals surface area contributed by atoms with Crippen LogP contribution in [0.1, 0.15) is 34.3 Å². The summed E-state index contributed by atoms with van der Waals surface area (Å²) in [6.07, 6.45) is 0.830. The largest absolute Gasteiger partial charge is 0.491 e. The second kappa shape index (κ2) is 7.87. The second-order valence-corrected chi connectivity index (χ2v) is 7.59. The first-order valence-electron chi connectivity index (χ1n) is 8.94. The zero-order valence-electron chi connectivity index (χ0n) is 15.5. The molecule has 3 rings (SSSR count). The average molecular weight is 392 g/mol. The molecule has 6 heteroatoms. The Bertz CT molecular complexity index is 847. The summed E-state index contributed by atoms with van der Waals surface area (Å²) in [5, 5.41) is 10.7. The van der Waals surface area contributed by atoms with Gasteiger partial charge in [0.25, 0.3) is 5.91 Å². The Morgan fingerprint density at radius 2 is 1.89 bits per heavy atom. The Balaban J connectivity index is 1.57. The Labute approximate surface area is 163 Å². The van der Waals surface area contributed by atoms with Crippen molar-refractivity contribution in [3.05, 3.63) is 63.9 Å². The van der Waals surface area contributed by atoms with E-state index in [1.165, 1.54) is 23.8 Å². The fourth-order valence-electron chi connectivity index (χ4n) is 3.10. The predicted octanol–water partition coefficient (Wildman–Crippen LogP) is 4.14. The van der Waals surface area contributed by atoms with Gasteiger partial charge in [0, 0.05) is 18.7 Å². The maximum atomic E-state index is 13.3. The number of hydrogen-bond acceptors (Lipinski definition) is 3. The van der Waals surface area contributed by atoms with Crippen molar-refractivity contribution in [1.82, 2.24) is 4.90 Å². The summed E-state index contributed by atoms with van der Waals surface area (Å²) >= 11 is 5.76. The second-order valence-electron chi connectivity index (χ2n) is 7.18. The highest BCUT2D eigenvalue weighted by Crippen LogP contribution is 2.26. The van der Waals surface area contributed by atoms with Crippen molar-refractivity contribution in [3.8, 4) is 5.75 Å². The maximum Gasteiger partial charge on any atom is 0.253 e. The zero-order chi connectivity index (χ0) is 19.6. The van der Waals surface area contributed by atoms with E-state index in [0.717, 1.165) is 11.3 Å². The molecule has 0 saturated carbocycles. The number of nitrogens with zero attached hydrogens (tertiary/aromatic N) is 1. The topological polar surface area (TPSA) is 49.8 Å². The smallest absolute Gasteiger partial charge is 0.253 e. The van der Waals surface area contributed by atoms with Crippen molar-refractivity contribution in [3.63, 3.8) is 0 Å². The first kappa shape index (κ1) is 19.6. The molecule has 0 aromatic heterocycles. The first-order valence-corrected chi connectivity index (χ1v) is 9.32. The van der Waals surface area contributed by atoms with Gasteiger partial charge in [0.15, 0.2) is 0 Å². The third-order valence-corrected chi connectivity index (χ3v) is 5.42. The fraction of sp³-hybridized carbons (Fsp3) is 0.381. The van der Waals surface area contributed by atoms with Gasteiger partial charge in [0.1, 0.15) is 23.8 Å². The molecule has 1 aliphatic rings. The summed E-state index contributed by atoms with van der Waals surface area (Å²) in [4.78, 5) is 14.2. The van der Waals surface area contributed by atoms with E-state index in [2.05, 4.69) is 0 Å². The zero-order valence-corrected chi connectivity index (χ0v) is 16.2. The molecule has 1 fully saturated rings. The van der Waals surface area contributed by atoms with Crippen LogP contribution in [0.15, 0.2) is 36.4 Å². The van der Waals surface area contributed by atoms with Crippen LogP contribution in [0, 0.1) is 19.7 Å². The monoisotopic (exact) mass is 391 g/mol. The van der Waals surface area contributed by atoms with Crippen LogP contribution in [0.4, 0.5) is 4.39 Å². The number of amides is 1. The normalized spacial score (nSPS) is 16.3. The van der Waals surface area contributed by atoms with Gasteiger partial charge in [-0.1, -0.05) is 17.7 Å². The van der Waals surface area contributed by atoms with E-state index in [1.807, 2.05) is 32.0 Å². The van der Waals surface area contributed by atoms with Crippen LogP contribution >= 0.6 is 11.6 Å². The number of carbonyl (C=O) groups is 1. The summed E-state index contributed by atoms with van der Waals surface area (Å²) in [6.45, 7) is 5.04. The van der Waals surface area contributed by atoms with E-state index in [1.54, 1.807) is 4.90 Å². The number of rotatable bonds is 4. The molecular weight excluding hydrogens is 369 g/mol. The van der Waals surface area contributed by atoms with E-state index in [4.69, 9.17) is 16.3 Å². The first-order chi connectivity index (χ1) is 12.8. The standard InChI is InChI=1S/C21H23ClFNO3/c1-14-3-5-17(11-15(14)2)27-13-21(26)7-9-24(10-8-21)20(25)16-4-6-19(23)18(22)12-16/h3-6,11-12,26H,7-10,13H2,1-2H3. The number of halogens is 2. The molecule has 0 unspecified atom stereocenters. The maximum absolute atomic E-state index is 13.3. The van der Waals surface area contributed by atoms with E-state index < -0.39 is 11.4 Å². The number of hydrogen-bond donors (Lipinski definition) is 1. The quantitative estimate of drug-likeness (QED) is 0.852. The van der Waals surface area contributed by atoms with E-state index >= 15 is 0 Å². The fourth-order valence-corrected chi connectivity index (χ4v) is 3.28. The summed E-state index contributed by atoms with van der Waals surface area (Å²) in [5.74, 6) is -0.0373. The van der Waals surface area contributed by atoms with Gasteiger partial charge in [0.05, 0.1) is 5.02 Å². The molecule has 1 N–H and O–H groups in total. The van der Waals surface area contributed by atoms with Crippen LogP contribution in [0.3, 0.4) is 0 Å². The van der Waals surface area contributed by atoms with Crippen molar-refractivity contribution in [2.45, 2.75) is 32.3 Å².